The van der Waals surface area contributed by atoms with Crippen LogP contribution in [0.15, 0.2) is 54.6 Å². The molecule has 0 radical (unpaired) electrons. The van der Waals surface area contributed by atoms with Crippen molar-refractivity contribution in [3.05, 3.63) is 66.0 Å². The molecule has 0 bridgehead atoms. The summed E-state index contributed by atoms with van der Waals surface area (Å²) >= 11 is 0. The SMILES string of the molecule is CC[C@H]1CC[C@H](CCC(Oc2ccc(F)cc2)c2ccccc2)CC1. The van der Waals surface area contributed by atoms with Crippen LogP contribution in [-0.2, 0) is 0 Å². The molecule has 1 fully saturated rings. The summed E-state index contributed by atoms with van der Waals surface area (Å²) in [5.41, 5.74) is 1.20. The van der Waals surface area contributed by atoms with Crippen molar-refractivity contribution >= 4 is 0 Å². The zero-order valence-electron chi connectivity index (χ0n) is 15.2. The molecule has 0 aliphatic heterocycles. The molecule has 0 heterocycles. The summed E-state index contributed by atoms with van der Waals surface area (Å²) in [6, 6.07) is 16.8. The molecule has 3 rings (SSSR count). The van der Waals surface area contributed by atoms with Crippen molar-refractivity contribution in [1.29, 1.82) is 0 Å². The van der Waals surface area contributed by atoms with Gasteiger partial charge in [-0.1, -0.05) is 69.4 Å². The lowest BCUT2D eigenvalue weighted by molar-refractivity contribution is 0.168. The van der Waals surface area contributed by atoms with E-state index in [1.54, 1.807) is 12.1 Å². The number of ether oxygens (including phenoxy) is 1. The predicted molar refractivity (Wildman–Crippen MR) is 101 cm³/mol. The molecule has 0 aromatic heterocycles. The van der Waals surface area contributed by atoms with Crippen LogP contribution >= 0.6 is 0 Å². The van der Waals surface area contributed by atoms with Crippen molar-refractivity contribution in [1.82, 2.24) is 0 Å². The standard InChI is InChI=1S/C23H29FO/c1-2-18-8-10-19(11-9-18)12-17-23(20-6-4-3-5-7-20)25-22-15-13-21(24)14-16-22/h3-7,13-16,18-19,23H,2,8-12,17H2,1H3/t18-,19-,23?. The third-order valence-electron chi connectivity index (χ3n) is 5.64. The van der Waals surface area contributed by atoms with Gasteiger partial charge in [-0.2, -0.15) is 0 Å². The summed E-state index contributed by atoms with van der Waals surface area (Å²) < 4.78 is 19.4. The maximum Gasteiger partial charge on any atom is 0.124 e. The first kappa shape index (κ1) is 18.0. The quantitative estimate of drug-likeness (QED) is 0.530. The van der Waals surface area contributed by atoms with E-state index in [1.165, 1.54) is 56.2 Å². The van der Waals surface area contributed by atoms with Gasteiger partial charge in [0.15, 0.2) is 0 Å². The van der Waals surface area contributed by atoms with E-state index in [1.807, 2.05) is 6.07 Å². The van der Waals surface area contributed by atoms with E-state index in [2.05, 4.69) is 31.2 Å². The van der Waals surface area contributed by atoms with Crippen molar-refractivity contribution < 1.29 is 9.13 Å². The van der Waals surface area contributed by atoms with Crippen molar-refractivity contribution in [2.75, 3.05) is 0 Å². The number of hydrogen-bond acceptors (Lipinski definition) is 1. The van der Waals surface area contributed by atoms with E-state index >= 15 is 0 Å². The Morgan fingerprint density at radius 3 is 2.20 bits per heavy atom. The number of benzene rings is 2. The van der Waals surface area contributed by atoms with Crippen LogP contribution in [0, 0.1) is 17.7 Å². The van der Waals surface area contributed by atoms with Crippen LogP contribution in [0.3, 0.4) is 0 Å². The summed E-state index contributed by atoms with van der Waals surface area (Å²) in [5.74, 6) is 2.28. The molecule has 1 nitrogen and oxygen atoms in total. The fraction of sp³-hybridized carbons (Fsp3) is 0.478. The molecule has 2 heteroatoms. The topological polar surface area (TPSA) is 9.23 Å². The van der Waals surface area contributed by atoms with Gasteiger partial charge in [0.05, 0.1) is 0 Å². The maximum atomic E-state index is 13.1. The van der Waals surface area contributed by atoms with Gasteiger partial charge >= 0.3 is 0 Å². The van der Waals surface area contributed by atoms with Gasteiger partial charge in [-0.25, -0.2) is 4.39 Å². The van der Waals surface area contributed by atoms with E-state index in [-0.39, 0.29) is 11.9 Å². The van der Waals surface area contributed by atoms with Crippen LogP contribution in [0.5, 0.6) is 5.75 Å². The van der Waals surface area contributed by atoms with E-state index in [9.17, 15) is 4.39 Å². The predicted octanol–water partition coefficient (Wildman–Crippen LogP) is 6.94. The normalized spacial score (nSPS) is 21.7. The van der Waals surface area contributed by atoms with Crippen LogP contribution in [0.25, 0.3) is 0 Å². The van der Waals surface area contributed by atoms with Crippen LogP contribution in [0.2, 0.25) is 0 Å². The minimum Gasteiger partial charge on any atom is -0.486 e. The van der Waals surface area contributed by atoms with E-state index in [0.29, 0.717) is 0 Å². The summed E-state index contributed by atoms with van der Waals surface area (Å²) in [5, 5.41) is 0. The van der Waals surface area contributed by atoms with Crippen LogP contribution < -0.4 is 4.74 Å². The first-order valence-electron chi connectivity index (χ1n) is 9.71. The average molecular weight is 340 g/mol. The number of hydrogen-bond donors (Lipinski definition) is 0. The Kier molecular flexibility index (Phi) is 6.49. The molecule has 1 unspecified atom stereocenters. The van der Waals surface area contributed by atoms with Crippen LogP contribution in [0.1, 0.15) is 63.5 Å². The third-order valence-corrected chi connectivity index (χ3v) is 5.64. The highest BCUT2D eigenvalue weighted by Gasteiger charge is 2.22. The fourth-order valence-electron chi connectivity index (χ4n) is 3.95. The molecule has 25 heavy (non-hydrogen) atoms. The zero-order valence-corrected chi connectivity index (χ0v) is 15.2. The Hall–Kier alpha value is -1.83. The van der Waals surface area contributed by atoms with Gasteiger partial charge in [0.25, 0.3) is 0 Å². The smallest absolute Gasteiger partial charge is 0.124 e. The highest BCUT2D eigenvalue weighted by molar-refractivity contribution is 5.25. The number of rotatable bonds is 7. The van der Waals surface area contributed by atoms with E-state index < -0.39 is 0 Å². The molecule has 1 saturated carbocycles. The zero-order chi connectivity index (χ0) is 17.5. The lowest BCUT2D eigenvalue weighted by Crippen LogP contribution is -2.16. The van der Waals surface area contributed by atoms with Crippen molar-refractivity contribution in [3.63, 3.8) is 0 Å². The molecule has 0 amide bonds. The van der Waals surface area contributed by atoms with Gasteiger partial charge < -0.3 is 4.74 Å². The largest absolute Gasteiger partial charge is 0.486 e. The Balaban J connectivity index is 1.62. The van der Waals surface area contributed by atoms with Gasteiger partial charge in [0, 0.05) is 0 Å². The van der Waals surface area contributed by atoms with Crippen molar-refractivity contribution in [2.24, 2.45) is 11.8 Å². The Morgan fingerprint density at radius 2 is 1.56 bits per heavy atom. The first-order valence-corrected chi connectivity index (χ1v) is 9.71. The van der Waals surface area contributed by atoms with Crippen LogP contribution in [-0.4, -0.2) is 0 Å². The molecule has 2 aromatic carbocycles. The summed E-state index contributed by atoms with van der Waals surface area (Å²) in [7, 11) is 0. The fourth-order valence-corrected chi connectivity index (χ4v) is 3.95. The molecule has 0 N–H and O–H groups in total. The molecular weight excluding hydrogens is 311 g/mol. The lowest BCUT2D eigenvalue weighted by Gasteiger charge is -2.29. The second-order valence-corrected chi connectivity index (χ2v) is 7.34. The molecule has 1 atom stereocenters. The molecular formula is C23H29FO. The molecule has 1 aliphatic rings. The molecule has 2 aromatic rings. The summed E-state index contributed by atoms with van der Waals surface area (Å²) in [4.78, 5) is 0. The minimum absolute atomic E-state index is 0.0376. The molecule has 0 spiro atoms. The summed E-state index contributed by atoms with van der Waals surface area (Å²) in [6.45, 7) is 2.31. The van der Waals surface area contributed by atoms with Gasteiger partial charge in [0.2, 0.25) is 0 Å². The van der Waals surface area contributed by atoms with Gasteiger partial charge in [-0.05, 0) is 54.5 Å². The maximum absolute atomic E-state index is 13.1. The summed E-state index contributed by atoms with van der Waals surface area (Å²) in [6.07, 6.45) is 9.07. The molecule has 1 aliphatic carbocycles. The monoisotopic (exact) mass is 340 g/mol. The lowest BCUT2D eigenvalue weighted by atomic mass is 9.78. The minimum atomic E-state index is -0.226. The van der Waals surface area contributed by atoms with Gasteiger partial charge in [-0.3, -0.25) is 0 Å². The molecule has 134 valence electrons. The first-order chi connectivity index (χ1) is 12.2. The second-order valence-electron chi connectivity index (χ2n) is 7.34. The molecule has 0 saturated heterocycles. The number of halogens is 1. The van der Waals surface area contributed by atoms with Gasteiger partial charge in [0.1, 0.15) is 17.7 Å². The van der Waals surface area contributed by atoms with Crippen LogP contribution in [0.4, 0.5) is 4.39 Å². The van der Waals surface area contributed by atoms with E-state index in [4.69, 9.17) is 4.74 Å². The van der Waals surface area contributed by atoms with Crippen molar-refractivity contribution in [3.8, 4) is 5.75 Å². The van der Waals surface area contributed by atoms with Gasteiger partial charge in [-0.15, -0.1) is 0 Å². The van der Waals surface area contributed by atoms with Crippen molar-refractivity contribution in [2.45, 2.75) is 58.0 Å². The Bertz CT molecular complexity index is 614. The Labute approximate surface area is 151 Å². The van der Waals surface area contributed by atoms with E-state index in [0.717, 1.165) is 24.0 Å². The third kappa shape index (κ3) is 5.32. The average Bonchev–Trinajstić information content (AvgIpc) is 2.68. The highest BCUT2D eigenvalue weighted by atomic mass is 19.1. The second kappa shape index (κ2) is 9.03. The Morgan fingerprint density at radius 1 is 0.920 bits per heavy atom. The highest BCUT2D eigenvalue weighted by Crippen LogP contribution is 2.35.